The minimum absolute atomic E-state index is 0.289. The lowest BCUT2D eigenvalue weighted by molar-refractivity contribution is 0.150. The summed E-state index contributed by atoms with van der Waals surface area (Å²) in [5.41, 5.74) is 6.75. The molecule has 2 heterocycles. The number of anilines is 1. The molecule has 0 atom stereocenters. The van der Waals surface area contributed by atoms with Crippen LogP contribution >= 0.6 is 12.2 Å². The van der Waals surface area contributed by atoms with Gasteiger partial charge in [0.25, 0.3) is 0 Å². The average Bonchev–Trinajstić information content (AvgIpc) is 2.41. The Morgan fingerprint density at radius 2 is 2.21 bits per heavy atom. The SMILES string of the molecule is CN1CCC(C)(CNc2nnccc2C(N)=S)CC1. The van der Waals surface area contributed by atoms with Crippen LogP contribution in [0, 0.1) is 5.41 Å². The maximum Gasteiger partial charge on any atom is 0.158 e. The van der Waals surface area contributed by atoms with Crippen LogP contribution in [0.3, 0.4) is 0 Å². The third-order valence-electron chi connectivity index (χ3n) is 3.86. The molecule has 6 heteroatoms. The van der Waals surface area contributed by atoms with E-state index in [0.29, 0.717) is 10.8 Å². The highest BCUT2D eigenvalue weighted by Gasteiger charge is 2.28. The summed E-state index contributed by atoms with van der Waals surface area (Å²) in [7, 11) is 2.17. The molecule has 0 aromatic carbocycles. The average molecular weight is 279 g/mol. The fourth-order valence-electron chi connectivity index (χ4n) is 2.29. The summed E-state index contributed by atoms with van der Waals surface area (Å²) in [5, 5.41) is 11.3. The summed E-state index contributed by atoms with van der Waals surface area (Å²) >= 11 is 5.03. The zero-order valence-corrected chi connectivity index (χ0v) is 12.3. The van der Waals surface area contributed by atoms with Gasteiger partial charge in [-0.25, -0.2) is 0 Å². The van der Waals surface area contributed by atoms with Crippen LogP contribution in [0.25, 0.3) is 0 Å². The molecule has 0 radical (unpaired) electrons. The maximum atomic E-state index is 5.69. The number of nitrogens with zero attached hydrogens (tertiary/aromatic N) is 3. The molecule has 0 bridgehead atoms. The molecule has 0 unspecified atom stereocenters. The van der Waals surface area contributed by atoms with E-state index in [2.05, 4.69) is 34.4 Å². The molecule has 1 aliphatic heterocycles. The van der Waals surface area contributed by atoms with Gasteiger partial charge in [0.05, 0.1) is 11.8 Å². The van der Waals surface area contributed by atoms with Crippen molar-refractivity contribution in [3.05, 3.63) is 17.8 Å². The van der Waals surface area contributed by atoms with Gasteiger partial charge in [-0.2, -0.15) is 5.10 Å². The van der Waals surface area contributed by atoms with Crippen LogP contribution in [0.5, 0.6) is 0 Å². The van der Waals surface area contributed by atoms with Gasteiger partial charge in [-0.15, -0.1) is 5.10 Å². The van der Waals surface area contributed by atoms with Crippen LogP contribution in [0.4, 0.5) is 5.82 Å². The monoisotopic (exact) mass is 279 g/mol. The predicted octanol–water partition coefficient (Wildman–Crippen LogP) is 1.25. The van der Waals surface area contributed by atoms with E-state index < -0.39 is 0 Å². The van der Waals surface area contributed by atoms with Crippen molar-refractivity contribution in [3.63, 3.8) is 0 Å². The first-order valence-corrected chi connectivity index (χ1v) is 6.95. The van der Waals surface area contributed by atoms with Crippen LogP contribution in [0.1, 0.15) is 25.3 Å². The number of aromatic nitrogens is 2. The second-order valence-electron chi connectivity index (χ2n) is 5.63. The van der Waals surface area contributed by atoms with E-state index in [1.807, 2.05) is 0 Å². The first-order chi connectivity index (χ1) is 9.00. The number of thiocarbonyl (C=S) groups is 1. The van der Waals surface area contributed by atoms with Crippen LogP contribution in [0.2, 0.25) is 0 Å². The number of hydrogen-bond donors (Lipinski definition) is 2. The summed E-state index contributed by atoms with van der Waals surface area (Å²) in [6.07, 6.45) is 3.97. The summed E-state index contributed by atoms with van der Waals surface area (Å²) in [5.74, 6) is 0.690. The molecule has 1 aromatic rings. The molecule has 104 valence electrons. The first-order valence-electron chi connectivity index (χ1n) is 6.54. The van der Waals surface area contributed by atoms with Gasteiger partial charge in [0.15, 0.2) is 5.82 Å². The number of piperidine rings is 1. The third-order valence-corrected chi connectivity index (χ3v) is 4.08. The van der Waals surface area contributed by atoms with E-state index in [1.165, 1.54) is 12.8 Å². The highest BCUT2D eigenvalue weighted by atomic mass is 32.1. The van der Waals surface area contributed by atoms with Crippen molar-refractivity contribution >= 4 is 23.0 Å². The minimum Gasteiger partial charge on any atom is -0.389 e. The van der Waals surface area contributed by atoms with Gasteiger partial charge >= 0.3 is 0 Å². The Morgan fingerprint density at radius 1 is 1.53 bits per heavy atom. The Morgan fingerprint density at radius 3 is 2.84 bits per heavy atom. The van der Waals surface area contributed by atoms with Gasteiger partial charge < -0.3 is 16.0 Å². The lowest BCUT2D eigenvalue weighted by atomic mass is 9.80. The molecule has 1 fully saturated rings. The number of hydrogen-bond acceptors (Lipinski definition) is 5. The molecule has 0 aliphatic carbocycles. The molecule has 5 nitrogen and oxygen atoms in total. The van der Waals surface area contributed by atoms with E-state index in [1.54, 1.807) is 12.3 Å². The Kier molecular flexibility index (Phi) is 4.31. The first kappa shape index (κ1) is 14.1. The fourth-order valence-corrected chi connectivity index (χ4v) is 2.46. The molecular weight excluding hydrogens is 258 g/mol. The standard InChI is InChI=1S/C13H21N5S/c1-13(4-7-18(2)8-5-13)9-15-12-10(11(14)19)3-6-16-17-12/h3,6H,4-5,7-9H2,1-2H3,(H2,14,19)(H,15,17). The molecule has 2 rings (SSSR count). The van der Waals surface area contributed by atoms with Gasteiger partial charge in [0, 0.05) is 6.54 Å². The van der Waals surface area contributed by atoms with Gasteiger partial charge in [-0.05, 0) is 44.5 Å². The van der Waals surface area contributed by atoms with Crippen molar-refractivity contribution in [2.75, 3.05) is 32.0 Å². The van der Waals surface area contributed by atoms with E-state index in [4.69, 9.17) is 18.0 Å². The highest BCUT2D eigenvalue weighted by Crippen LogP contribution is 2.30. The lowest BCUT2D eigenvalue weighted by Gasteiger charge is -2.38. The Hall–Kier alpha value is -1.27. The third kappa shape index (κ3) is 3.61. The smallest absolute Gasteiger partial charge is 0.158 e. The van der Waals surface area contributed by atoms with Crippen LogP contribution in [-0.4, -0.2) is 46.8 Å². The quantitative estimate of drug-likeness (QED) is 0.809. The van der Waals surface area contributed by atoms with Crippen molar-refractivity contribution in [1.29, 1.82) is 0 Å². The van der Waals surface area contributed by atoms with E-state index in [-0.39, 0.29) is 5.41 Å². The normalized spacial score (nSPS) is 19.1. The minimum atomic E-state index is 0.289. The van der Waals surface area contributed by atoms with E-state index >= 15 is 0 Å². The maximum absolute atomic E-state index is 5.69. The van der Waals surface area contributed by atoms with Gasteiger partial charge in [0.1, 0.15) is 4.99 Å². The topological polar surface area (TPSA) is 67.1 Å². The molecule has 19 heavy (non-hydrogen) atoms. The number of rotatable bonds is 4. The summed E-state index contributed by atoms with van der Waals surface area (Å²) < 4.78 is 0. The molecule has 0 spiro atoms. The fraction of sp³-hybridized carbons (Fsp3) is 0.615. The zero-order chi connectivity index (χ0) is 13.9. The van der Waals surface area contributed by atoms with Crippen LogP contribution in [0.15, 0.2) is 12.3 Å². The highest BCUT2D eigenvalue weighted by molar-refractivity contribution is 7.80. The number of likely N-dealkylation sites (tertiary alicyclic amines) is 1. The van der Waals surface area contributed by atoms with Crippen molar-refractivity contribution in [2.24, 2.45) is 11.1 Å². The summed E-state index contributed by atoms with van der Waals surface area (Å²) in [4.78, 5) is 2.72. The van der Waals surface area contributed by atoms with E-state index in [9.17, 15) is 0 Å². The molecule has 1 aromatic heterocycles. The molecular formula is C13H21N5S. The second kappa shape index (κ2) is 5.79. The van der Waals surface area contributed by atoms with Crippen molar-refractivity contribution < 1.29 is 0 Å². The van der Waals surface area contributed by atoms with Crippen LogP contribution in [-0.2, 0) is 0 Å². The van der Waals surface area contributed by atoms with Gasteiger partial charge in [-0.3, -0.25) is 0 Å². The summed E-state index contributed by atoms with van der Waals surface area (Å²) in [6.45, 7) is 5.46. The summed E-state index contributed by atoms with van der Waals surface area (Å²) in [6, 6.07) is 1.80. The van der Waals surface area contributed by atoms with E-state index in [0.717, 1.165) is 25.2 Å². The van der Waals surface area contributed by atoms with Crippen molar-refractivity contribution in [1.82, 2.24) is 15.1 Å². The Balaban J connectivity index is 2.01. The zero-order valence-electron chi connectivity index (χ0n) is 11.5. The number of nitrogens with one attached hydrogen (secondary N) is 1. The van der Waals surface area contributed by atoms with Crippen molar-refractivity contribution in [2.45, 2.75) is 19.8 Å². The van der Waals surface area contributed by atoms with Gasteiger partial charge in [0.2, 0.25) is 0 Å². The Labute approximate surface area is 119 Å². The molecule has 1 saturated heterocycles. The van der Waals surface area contributed by atoms with Crippen molar-refractivity contribution in [3.8, 4) is 0 Å². The molecule has 1 aliphatic rings. The number of nitrogens with two attached hydrogens (primary N) is 1. The van der Waals surface area contributed by atoms with Gasteiger partial charge in [-0.1, -0.05) is 19.1 Å². The predicted molar refractivity (Wildman–Crippen MR) is 81.2 cm³/mol. The van der Waals surface area contributed by atoms with Crippen LogP contribution < -0.4 is 11.1 Å². The molecule has 3 N–H and O–H groups in total. The molecule has 0 amide bonds. The second-order valence-corrected chi connectivity index (χ2v) is 6.07. The molecule has 0 saturated carbocycles. The lowest BCUT2D eigenvalue weighted by Crippen LogP contribution is -2.40. The largest absolute Gasteiger partial charge is 0.389 e. The Bertz CT molecular complexity index is 454.